The zero-order valence-electron chi connectivity index (χ0n) is 12.5. The third kappa shape index (κ3) is 3.38. The summed E-state index contributed by atoms with van der Waals surface area (Å²) in [5.41, 5.74) is 2.02. The summed E-state index contributed by atoms with van der Waals surface area (Å²) in [4.78, 5) is 12.4. The Balaban J connectivity index is 2.32. The van der Waals surface area contributed by atoms with Gasteiger partial charge in [-0.25, -0.2) is 10.0 Å². The number of rotatable bonds is 5. The van der Waals surface area contributed by atoms with E-state index in [9.17, 15) is 4.79 Å². The van der Waals surface area contributed by atoms with Gasteiger partial charge >= 0.3 is 0 Å². The number of benzene rings is 1. The fraction of sp³-hybridized carbons (Fsp3) is 0.562. The van der Waals surface area contributed by atoms with Gasteiger partial charge in [-0.3, -0.25) is 4.79 Å². The number of hydrogen-bond donors (Lipinski definition) is 0. The summed E-state index contributed by atoms with van der Waals surface area (Å²) in [6, 6.07) is 8.01. The van der Waals surface area contributed by atoms with E-state index in [1.165, 1.54) is 6.42 Å². The topological polar surface area (TPSA) is 32.8 Å². The quantitative estimate of drug-likeness (QED) is 0.829. The number of hydrazine groups is 1. The van der Waals surface area contributed by atoms with E-state index in [0.717, 1.165) is 37.2 Å². The standard InChI is InChI=1S/C16H24N2O2/c1-3-16(19)18(17-11-7-4-8-12-17)15-10-6-5-9-14(15)13-20-2/h5-6,9-10H,3-4,7-8,11-13H2,1-2H3. The maximum absolute atomic E-state index is 12.4. The van der Waals surface area contributed by atoms with E-state index in [1.807, 2.05) is 36.2 Å². The summed E-state index contributed by atoms with van der Waals surface area (Å²) in [7, 11) is 1.68. The predicted molar refractivity (Wildman–Crippen MR) is 80.4 cm³/mol. The highest BCUT2D eigenvalue weighted by atomic mass is 16.5. The molecule has 20 heavy (non-hydrogen) atoms. The van der Waals surface area contributed by atoms with E-state index < -0.39 is 0 Å². The number of ether oxygens (including phenoxy) is 1. The van der Waals surface area contributed by atoms with Crippen molar-refractivity contribution in [3.05, 3.63) is 29.8 Å². The number of anilines is 1. The Kier molecular flexibility index (Phi) is 5.56. The Morgan fingerprint density at radius 3 is 2.60 bits per heavy atom. The van der Waals surface area contributed by atoms with Crippen LogP contribution in [0.1, 0.15) is 38.2 Å². The molecule has 1 heterocycles. The van der Waals surface area contributed by atoms with Crippen molar-refractivity contribution in [1.82, 2.24) is 5.01 Å². The van der Waals surface area contributed by atoms with Crippen molar-refractivity contribution in [2.24, 2.45) is 0 Å². The fourth-order valence-electron chi connectivity index (χ4n) is 2.67. The molecule has 1 aliphatic heterocycles. The minimum atomic E-state index is 0.149. The van der Waals surface area contributed by atoms with E-state index in [0.29, 0.717) is 13.0 Å². The van der Waals surface area contributed by atoms with Crippen LogP contribution in [0.4, 0.5) is 5.69 Å². The molecule has 0 aromatic heterocycles. The van der Waals surface area contributed by atoms with Crippen molar-refractivity contribution in [2.45, 2.75) is 39.2 Å². The molecule has 1 saturated heterocycles. The third-order valence-corrected chi connectivity index (χ3v) is 3.67. The van der Waals surface area contributed by atoms with Crippen LogP contribution in [0, 0.1) is 0 Å². The highest BCUT2D eigenvalue weighted by molar-refractivity contribution is 5.93. The molecule has 1 fully saturated rings. The number of carbonyl (C=O) groups is 1. The van der Waals surface area contributed by atoms with Crippen LogP contribution in [0.5, 0.6) is 0 Å². The zero-order chi connectivity index (χ0) is 14.4. The highest BCUT2D eigenvalue weighted by Crippen LogP contribution is 2.25. The summed E-state index contributed by atoms with van der Waals surface area (Å²) >= 11 is 0. The van der Waals surface area contributed by atoms with Crippen LogP contribution in [0.3, 0.4) is 0 Å². The lowest BCUT2D eigenvalue weighted by Crippen LogP contribution is -2.49. The highest BCUT2D eigenvalue weighted by Gasteiger charge is 2.25. The van der Waals surface area contributed by atoms with Crippen molar-refractivity contribution in [1.29, 1.82) is 0 Å². The Hall–Kier alpha value is -1.39. The Labute approximate surface area is 121 Å². The molecule has 0 saturated carbocycles. The van der Waals surface area contributed by atoms with Crippen LogP contribution in [0.25, 0.3) is 0 Å². The predicted octanol–water partition coefficient (Wildman–Crippen LogP) is 2.98. The second kappa shape index (κ2) is 7.41. The summed E-state index contributed by atoms with van der Waals surface area (Å²) in [5, 5.41) is 4.05. The lowest BCUT2D eigenvalue weighted by Gasteiger charge is -2.38. The molecule has 1 aromatic carbocycles. The molecular formula is C16H24N2O2. The number of amides is 1. The second-order valence-corrected chi connectivity index (χ2v) is 5.14. The molecular weight excluding hydrogens is 252 g/mol. The van der Waals surface area contributed by atoms with Crippen LogP contribution in [-0.4, -0.2) is 31.1 Å². The van der Waals surface area contributed by atoms with Crippen LogP contribution in [0.15, 0.2) is 24.3 Å². The molecule has 1 aliphatic rings. The first-order chi connectivity index (χ1) is 9.77. The average Bonchev–Trinajstić information content (AvgIpc) is 2.50. The van der Waals surface area contributed by atoms with Crippen molar-refractivity contribution in [3.8, 4) is 0 Å². The average molecular weight is 276 g/mol. The SMILES string of the molecule is CCC(=O)N(c1ccccc1COC)N1CCCCC1. The largest absolute Gasteiger partial charge is 0.380 e. The van der Waals surface area contributed by atoms with Crippen LogP contribution < -0.4 is 5.01 Å². The van der Waals surface area contributed by atoms with Gasteiger partial charge in [-0.2, -0.15) is 0 Å². The summed E-state index contributed by atoms with van der Waals surface area (Å²) < 4.78 is 5.26. The Morgan fingerprint density at radius 1 is 1.25 bits per heavy atom. The Morgan fingerprint density at radius 2 is 1.95 bits per heavy atom. The van der Waals surface area contributed by atoms with Crippen LogP contribution >= 0.6 is 0 Å². The van der Waals surface area contributed by atoms with Gasteiger partial charge in [0.25, 0.3) is 0 Å². The fourth-order valence-corrected chi connectivity index (χ4v) is 2.67. The molecule has 1 aromatic rings. The van der Waals surface area contributed by atoms with Gasteiger partial charge in [0, 0.05) is 32.2 Å². The van der Waals surface area contributed by atoms with Gasteiger partial charge in [0.2, 0.25) is 5.91 Å². The number of piperidine rings is 1. The summed E-state index contributed by atoms with van der Waals surface area (Å²) in [5.74, 6) is 0.149. The number of nitrogens with zero attached hydrogens (tertiary/aromatic N) is 2. The monoisotopic (exact) mass is 276 g/mol. The lowest BCUT2D eigenvalue weighted by molar-refractivity contribution is -0.121. The van der Waals surface area contributed by atoms with E-state index in [-0.39, 0.29) is 5.91 Å². The Bertz CT molecular complexity index is 442. The molecule has 0 spiro atoms. The molecule has 110 valence electrons. The summed E-state index contributed by atoms with van der Waals surface area (Å²) in [6.07, 6.45) is 4.07. The van der Waals surface area contributed by atoms with Gasteiger partial charge in [-0.15, -0.1) is 0 Å². The van der Waals surface area contributed by atoms with Crippen LogP contribution in [0.2, 0.25) is 0 Å². The first-order valence-electron chi connectivity index (χ1n) is 7.42. The molecule has 2 rings (SSSR count). The van der Waals surface area contributed by atoms with Gasteiger partial charge in [-0.05, 0) is 18.9 Å². The molecule has 0 aliphatic carbocycles. The maximum atomic E-state index is 12.4. The van der Waals surface area contributed by atoms with E-state index >= 15 is 0 Å². The van der Waals surface area contributed by atoms with Gasteiger partial charge in [0.1, 0.15) is 0 Å². The number of hydrogen-bond acceptors (Lipinski definition) is 3. The van der Waals surface area contributed by atoms with Crippen molar-refractivity contribution < 1.29 is 9.53 Å². The second-order valence-electron chi connectivity index (χ2n) is 5.14. The van der Waals surface area contributed by atoms with Gasteiger partial charge in [0.05, 0.1) is 12.3 Å². The van der Waals surface area contributed by atoms with E-state index in [4.69, 9.17) is 4.74 Å². The molecule has 0 unspecified atom stereocenters. The van der Waals surface area contributed by atoms with Crippen LogP contribution in [-0.2, 0) is 16.1 Å². The first kappa shape index (κ1) is 15.0. The van der Waals surface area contributed by atoms with E-state index in [1.54, 1.807) is 7.11 Å². The first-order valence-corrected chi connectivity index (χ1v) is 7.42. The maximum Gasteiger partial charge on any atom is 0.241 e. The van der Waals surface area contributed by atoms with Crippen molar-refractivity contribution in [2.75, 3.05) is 25.2 Å². The van der Waals surface area contributed by atoms with Crippen molar-refractivity contribution >= 4 is 11.6 Å². The molecule has 1 amide bonds. The minimum Gasteiger partial charge on any atom is -0.380 e. The van der Waals surface area contributed by atoms with Gasteiger partial charge in [-0.1, -0.05) is 31.5 Å². The molecule has 0 atom stereocenters. The number of para-hydroxylation sites is 1. The zero-order valence-corrected chi connectivity index (χ0v) is 12.5. The minimum absolute atomic E-state index is 0.149. The van der Waals surface area contributed by atoms with E-state index in [2.05, 4.69) is 5.01 Å². The summed E-state index contributed by atoms with van der Waals surface area (Å²) in [6.45, 7) is 4.34. The van der Waals surface area contributed by atoms with Crippen molar-refractivity contribution in [3.63, 3.8) is 0 Å². The van der Waals surface area contributed by atoms with Gasteiger partial charge in [0.15, 0.2) is 0 Å². The molecule has 0 radical (unpaired) electrons. The molecule has 4 heteroatoms. The molecule has 0 bridgehead atoms. The molecule has 0 N–H and O–H groups in total. The number of carbonyl (C=O) groups excluding carboxylic acids is 1. The number of methoxy groups -OCH3 is 1. The smallest absolute Gasteiger partial charge is 0.241 e. The molecule has 4 nitrogen and oxygen atoms in total. The lowest BCUT2D eigenvalue weighted by atomic mass is 10.1. The third-order valence-electron chi connectivity index (χ3n) is 3.67. The van der Waals surface area contributed by atoms with Gasteiger partial charge < -0.3 is 4.74 Å². The normalized spacial score (nSPS) is 16.1.